The van der Waals surface area contributed by atoms with E-state index in [0.717, 1.165) is 17.7 Å². The number of nitrogens with zero attached hydrogens (tertiary/aromatic N) is 1. The molecule has 2 aromatic rings. The molecule has 1 aromatic heterocycles. The summed E-state index contributed by atoms with van der Waals surface area (Å²) in [5.41, 5.74) is 3.85. The zero-order chi connectivity index (χ0) is 18.1. The molecule has 0 unspecified atom stereocenters. The maximum absolute atomic E-state index is 12.6. The number of aryl methyl sites for hydroxylation is 2. The second-order valence-electron chi connectivity index (χ2n) is 6.56. The molecule has 25 heavy (non-hydrogen) atoms. The minimum absolute atomic E-state index is 0.0242. The normalized spacial score (nSPS) is 14.3. The summed E-state index contributed by atoms with van der Waals surface area (Å²) in [5, 5.41) is 3.09. The molecular weight excluding hydrogens is 332 g/mol. The van der Waals surface area contributed by atoms with Gasteiger partial charge >= 0.3 is 0 Å². The number of anilines is 1. The first-order valence-corrected chi connectivity index (χ1v) is 9.53. The van der Waals surface area contributed by atoms with E-state index in [-0.39, 0.29) is 17.9 Å². The summed E-state index contributed by atoms with van der Waals surface area (Å²) in [4.78, 5) is 28.9. The number of benzene rings is 1. The van der Waals surface area contributed by atoms with Gasteiger partial charge in [-0.25, -0.2) is 0 Å². The highest BCUT2D eigenvalue weighted by Gasteiger charge is 2.24. The molecule has 1 aliphatic rings. The van der Waals surface area contributed by atoms with Crippen molar-refractivity contribution in [3.8, 4) is 0 Å². The molecule has 0 radical (unpaired) electrons. The van der Waals surface area contributed by atoms with Gasteiger partial charge in [-0.05, 0) is 62.6 Å². The molecule has 132 valence electrons. The van der Waals surface area contributed by atoms with Crippen LogP contribution < -0.4 is 10.2 Å². The van der Waals surface area contributed by atoms with Crippen molar-refractivity contribution in [3.63, 3.8) is 0 Å². The lowest BCUT2D eigenvalue weighted by Crippen LogP contribution is -2.28. The van der Waals surface area contributed by atoms with E-state index in [9.17, 15) is 9.59 Å². The smallest absolute Gasteiger partial charge is 0.251 e. The summed E-state index contributed by atoms with van der Waals surface area (Å²) in [6.45, 7) is 8.76. The van der Waals surface area contributed by atoms with Crippen LogP contribution in [0.2, 0.25) is 0 Å². The van der Waals surface area contributed by atoms with Crippen LogP contribution in [0.3, 0.4) is 0 Å². The van der Waals surface area contributed by atoms with E-state index in [1.165, 1.54) is 15.3 Å². The van der Waals surface area contributed by atoms with Crippen LogP contribution in [0.15, 0.2) is 24.3 Å². The minimum Gasteiger partial charge on any atom is -0.345 e. The van der Waals surface area contributed by atoms with Crippen molar-refractivity contribution in [1.82, 2.24) is 5.32 Å². The Kier molecular flexibility index (Phi) is 4.95. The molecule has 0 spiro atoms. The average Bonchev–Trinajstić information content (AvgIpc) is 3.16. The second-order valence-corrected chi connectivity index (χ2v) is 8.02. The molecule has 1 aromatic carbocycles. The Morgan fingerprint density at radius 1 is 1.28 bits per heavy atom. The average molecular weight is 356 g/mol. The van der Waals surface area contributed by atoms with Crippen LogP contribution in [0.25, 0.3) is 0 Å². The van der Waals surface area contributed by atoms with E-state index in [4.69, 9.17) is 0 Å². The number of rotatable bonds is 4. The van der Waals surface area contributed by atoms with Gasteiger partial charge in [-0.3, -0.25) is 9.59 Å². The fraction of sp³-hybridized carbons (Fsp3) is 0.400. The molecular formula is C20H24N2O2S. The molecule has 0 aliphatic carbocycles. The molecule has 3 rings (SSSR count). The number of amides is 2. The van der Waals surface area contributed by atoms with Crippen LogP contribution in [-0.4, -0.2) is 18.4 Å². The summed E-state index contributed by atoms with van der Waals surface area (Å²) in [6, 6.07) is 7.75. The van der Waals surface area contributed by atoms with Gasteiger partial charge in [-0.15, -0.1) is 11.3 Å². The SMILES string of the molecule is CCC(=O)N1CCc2cc(C(=O)N[C@@H](C)c3cc(C)sc3C)ccc21. The first-order chi connectivity index (χ1) is 11.9. The zero-order valence-electron chi connectivity index (χ0n) is 15.2. The van der Waals surface area contributed by atoms with Gasteiger partial charge in [0.2, 0.25) is 5.91 Å². The van der Waals surface area contributed by atoms with Gasteiger partial charge in [0.05, 0.1) is 6.04 Å². The van der Waals surface area contributed by atoms with Gasteiger partial charge in [0, 0.05) is 34.0 Å². The quantitative estimate of drug-likeness (QED) is 0.894. The molecule has 1 aliphatic heterocycles. The summed E-state index contributed by atoms with van der Waals surface area (Å²) < 4.78 is 0. The number of fused-ring (bicyclic) bond motifs is 1. The van der Waals surface area contributed by atoms with Crippen LogP contribution in [0.1, 0.15) is 57.5 Å². The van der Waals surface area contributed by atoms with E-state index >= 15 is 0 Å². The van der Waals surface area contributed by atoms with Crippen molar-refractivity contribution >= 4 is 28.8 Å². The van der Waals surface area contributed by atoms with Crippen molar-refractivity contribution < 1.29 is 9.59 Å². The molecule has 2 heterocycles. The van der Waals surface area contributed by atoms with Crippen molar-refractivity contribution in [3.05, 3.63) is 50.7 Å². The fourth-order valence-electron chi connectivity index (χ4n) is 3.43. The lowest BCUT2D eigenvalue weighted by molar-refractivity contribution is -0.118. The van der Waals surface area contributed by atoms with Gasteiger partial charge in [0.15, 0.2) is 0 Å². The lowest BCUT2D eigenvalue weighted by Gasteiger charge is -2.17. The summed E-state index contributed by atoms with van der Waals surface area (Å²) >= 11 is 1.75. The monoisotopic (exact) mass is 356 g/mol. The van der Waals surface area contributed by atoms with Crippen LogP contribution in [0, 0.1) is 13.8 Å². The highest BCUT2D eigenvalue weighted by atomic mass is 32.1. The van der Waals surface area contributed by atoms with E-state index < -0.39 is 0 Å². The Balaban J connectivity index is 1.76. The second kappa shape index (κ2) is 7.00. The molecule has 5 heteroatoms. The van der Waals surface area contributed by atoms with Crippen LogP contribution in [0.4, 0.5) is 5.69 Å². The maximum Gasteiger partial charge on any atom is 0.251 e. The molecule has 0 saturated carbocycles. The van der Waals surface area contributed by atoms with Crippen molar-refractivity contribution in [1.29, 1.82) is 0 Å². The summed E-state index contributed by atoms with van der Waals surface area (Å²) in [6.07, 6.45) is 1.30. The van der Waals surface area contributed by atoms with Crippen LogP contribution >= 0.6 is 11.3 Å². The highest BCUT2D eigenvalue weighted by Crippen LogP contribution is 2.30. The Morgan fingerprint density at radius 3 is 2.68 bits per heavy atom. The minimum atomic E-state index is -0.0705. The van der Waals surface area contributed by atoms with E-state index in [2.05, 4.69) is 25.2 Å². The van der Waals surface area contributed by atoms with E-state index in [0.29, 0.717) is 18.5 Å². The Labute approximate surface area is 152 Å². The van der Waals surface area contributed by atoms with Crippen molar-refractivity contribution in [2.45, 2.75) is 46.6 Å². The third-order valence-electron chi connectivity index (χ3n) is 4.73. The zero-order valence-corrected chi connectivity index (χ0v) is 16.0. The van der Waals surface area contributed by atoms with Gasteiger partial charge in [-0.2, -0.15) is 0 Å². The number of carbonyl (C=O) groups excluding carboxylic acids is 2. The van der Waals surface area contributed by atoms with Crippen LogP contribution in [-0.2, 0) is 11.2 Å². The largest absolute Gasteiger partial charge is 0.345 e. The Hall–Kier alpha value is -2.14. The molecule has 1 atom stereocenters. The van der Waals surface area contributed by atoms with Crippen LogP contribution in [0.5, 0.6) is 0 Å². The first kappa shape index (κ1) is 17.7. The molecule has 4 nitrogen and oxygen atoms in total. The van der Waals surface area contributed by atoms with Gasteiger partial charge in [0.25, 0.3) is 5.91 Å². The third kappa shape index (κ3) is 3.47. The van der Waals surface area contributed by atoms with E-state index in [1.807, 2.05) is 36.9 Å². The van der Waals surface area contributed by atoms with Crippen molar-refractivity contribution in [2.24, 2.45) is 0 Å². The maximum atomic E-state index is 12.6. The number of carbonyl (C=O) groups is 2. The number of hydrogen-bond acceptors (Lipinski definition) is 3. The fourth-order valence-corrected chi connectivity index (χ4v) is 4.45. The lowest BCUT2D eigenvalue weighted by atomic mass is 10.1. The molecule has 0 bridgehead atoms. The van der Waals surface area contributed by atoms with Gasteiger partial charge < -0.3 is 10.2 Å². The number of thiophene rings is 1. The Morgan fingerprint density at radius 2 is 2.04 bits per heavy atom. The molecule has 0 saturated heterocycles. The Bertz CT molecular complexity index is 825. The number of hydrogen-bond donors (Lipinski definition) is 1. The topological polar surface area (TPSA) is 49.4 Å². The first-order valence-electron chi connectivity index (χ1n) is 8.71. The number of nitrogens with one attached hydrogen (secondary N) is 1. The highest BCUT2D eigenvalue weighted by molar-refractivity contribution is 7.12. The van der Waals surface area contributed by atoms with Gasteiger partial charge in [0.1, 0.15) is 0 Å². The predicted molar refractivity (Wildman–Crippen MR) is 102 cm³/mol. The third-order valence-corrected chi connectivity index (χ3v) is 5.72. The summed E-state index contributed by atoms with van der Waals surface area (Å²) in [5.74, 6) is 0.0618. The summed E-state index contributed by atoms with van der Waals surface area (Å²) in [7, 11) is 0. The van der Waals surface area contributed by atoms with E-state index in [1.54, 1.807) is 11.3 Å². The molecule has 1 N–H and O–H groups in total. The molecule has 2 amide bonds. The van der Waals surface area contributed by atoms with Gasteiger partial charge in [-0.1, -0.05) is 6.92 Å². The predicted octanol–water partition coefficient (Wildman–Crippen LogP) is 4.16. The van der Waals surface area contributed by atoms with Crippen molar-refractivity contribution in [2.75, 3.05) is 11.4 Å². The standard InChI is InChI=1S/C20H24N2O2S/c1-5-19(23)22-9-8-15-11-16(6-7-18(15)22)20(24)21-13(3)17-10-12(2)25-14(17)4/h6-7,10-11,13H,5,8-9H2,1-4H3,(H,21,24)/t13-/m0/s1. The molecule has 0 fully saturated rings.